The number of carbonyl (C=O) groups excluding carboxylic acids is 2. The molecule has 0 saturated heterocycles. The monoisotopic (exact) mass is 533 g/mol. The molecule has 0 aliphatic heterocycles. The average Bonchev–Trinajstić information content (AvgIpc) is 3.36. The summed E-state index contributed by atoms with van der Waals surface area (Å²) in [7, 11) is 0. The van der Waals surface area contributed by atoms with Crippen molar-refractivity contribution in [1.29, 1.82) is 0 Å². The maximum Gasteiger partial charge on any atom is 0.243 e. The second-order valence-corrected chi connectivity index (χ2v) is 9.91. The van der Waals surface area contributed by atoms with Crippen molar-refractivity contribution in [2.24, 2.45) is 5.73 Å². The zero-order valence-corrected chi connectivity index (χ0v) is 22.5. The first kappa shape index (κ1) is 26.8. The molecular weight excluding hydrogens is 502 g/mol. The summed E-state index contributed by atoms with van der Waals surface area (Å²) in [6.07, 6.45) is 2.88. The Morgan fingerprint density at radius 2 is 1.70 bits per heavy atom. The van der Waals surface area contributed by atoms with E-state index in [4.69, 9.17) is 14.9 Å². The number of rotatable bonds is 10. The van der Waals surface area contributed by atoms with Crippen LogP contribution in [0.15, 0.2) is 102 Å². The fraction of sp³-hybridized carbons (Fsp3) is 0.182. The van der Waals surface area contributed by atoms with E-state index in [1.165, 1.54) is 5.56 Å². The summed E-state index contributed by atoms with van der Waals surface area (Å²) >= 11 is 0. The molecule has 0 spiro atoms. The quantitative estimate of drug-likeness (QED) is 0.247. The van der Waals surface area contributed by atoms with E-state index in [-0.39, 0.29) is 25.0 Å². The van der Waals surface area contributed by atoms with E-state index in [2.05, 4.69) is 42.3 Å². The summed E-state index contributed by atoms with van der Waals surface area (Å²) < 4.78 is 11.9. The summed E-state index contributed by atoms with van der Waals surface area (Å²) in [6, 6.07) is 27.2. The fourth-order valence-corrected chi connectivity index (χ4v) is 4.93. The third kappa shape index (κ3) is 6.27. The van der Waals surface area contributed by atoms with E-state index in [9.17, 15) is 9.59 Å². The van der Waals surface area contributed by atoms with Crippen molar-refractivity contribution >= 4 is 22.8 Å². The zero-order valence-electron chi connectivity index (χ0n) is 22.5. The first-order valence-electron chi connectivity index (χ1n) is 13.1. The molecule has 0 radical (unpaired) electrons. The summed E-state index contributed by atoms with van der Waals surface area (Å²) in [5.74, 6) is -0.127. The Kier molecular flexibility index (Phi) is 8.03. The smallest absolute Gasteiger partial charge is 0.243 e. The zero-order chi connectivity index (χ0) is 28.1. The number of benzene rings is 3. The highest BCUT2D eigenvalue weighted by molar-refractivity contribution is 5.83. The Morgan fingerprint density at radius 1 is 0.925 bits per heavy atom. The van der Waals surface area contributed by atoms with Gasteiger partial charge in [0, 0.05) is 17.8 Å². The third-order valence-electron chi connectivity index (χ3n) is 6.80. The predicted octanol–water partition coefficient (Wildman–Crippen LogP) is 5.48. The summed E-state index contributed by atoms with van der Waals surface area (Å²) in [5, 5.41) is 4.08. The van der Waals surface area contributed by atoms with Crippen LogP contribution in [0.4, 0.5) is 0 Å². The molecular formula is C33H31N3O4. The molecule has 2 unspecified atom stereocenters. The average molecular weight is 534 g/mol. The lowest BCUT2D eigenvalue weighted by Crippen LogP contribution is -2.31. The minimum Gasteiger partial charge on any atom is -0.458 e. The highest BCUT2D eigenvalue weighted by atomic mass is 16.5. The van der Waals surface area contributed by atoms with Crippen LogP contribution in [0.25, 0.3) is 11.0 Å². The summed E-state index contributed by atoms with van der Waals surface area (Å²) in [4.78, 5) is 28.8. The van der Waals surface area contributed by atoms with Crippen LogP contribution >= 0.6 is 0 Å². The first-order valence-corrected chi connectivity index (χ1v) is 13.1. The predicted molar refractivity (Wildman–Crippen MR) is 153 cm³/mol. The third-order valence-corrected chi connectivity index (χ3v) is 6.80. The van der Waals surface area contributed by atoms with Gasteiger partial charge in [0.25, 0.3) is 0 Å². The number of pyridine rings is 1. The molecule has 3 aromatic carbocycles. The molecule has 2 atom stereocenters. The molecule has 7 nitrogen and oxygen atoms in total. The number of nitrogens with zero attached hydrogens (tertiary/aromatic N) is 1. The number of fused-ring (bicyclic) bond motifs is 1. The standard InChI is InChI=1S/C33H31N3O4/c1-21-8-10-27(22(2)16-21)32(24-6-4-3-5-7-24)36-31(38)18-23-9-11-28-26(17-23)19-29(40-28)33(39-20-30(34)37)25-12-14-35-15-13-25/h3-17,19,32-33H,18,20H2,1-2H3,(H2,34,37)(H,36,38). The molecule has 202 valence electrons. The van der Waals surface area contributed by atoms with Crippen LogP contribution in [0.2, 0.25) is 0 Å². The topological polar surface area (TPSA) is 107 Å². The van der Waals surface area contributed by atoms with Crippen molar-refractivity contribution in [3.63, 3.8) is 0 Å². The molecule has 7 heteroatoms. The van der Waals surface area contributed by atoms with Gasteiger partial charge < -0.3 is 20.2 Å². The number of nitrogens with one attached hydrogen (secondary N) is 1. The lowest BCUT2D eigenvalue weighted by Gasteiger charge is -2.22. The van der Waals surface area contributed by atoms with Gasteiger partial charge in [-0.05, 0) is 72.0 Å². The van der Waals surface area contributed by atoms with Gasteiger partial charge in [-0.2, -0.15) is 0 Å². The minimum absolute atomic E-state index is 0.0867. The maximum atomic E-state index is 13.3. The molecule has 40 heavy (non-hydrogen) atoms. The maximum absolute atomic E-state index is 13.3. The van der Waals surface area contributed by atoms with Gasteiger partial charge >= 0.3 is 0 Å². The fourth-order valence-electron chi connectivity index (χ4n) is 4.93. The van der Waals surface area contributed by atoms with Crippen LogP contribution in [-0.4, -0.2) is 23.4 Å². The molecule has 0 aliphatic carbocycles. The van der Waals surface area contributed by atoms with E-state index in [0.717, 1.165) is 33.2 Å². The van der Waals surface area contributed by atoms with Crippen LogP contribution in [0.1, 0.15) is 51.3 Å². The van der Waals surface area contributed by atoms with Gasteiger partial charge in [-0.3, -0.25) is 14.6 Å². The number of aryl methyl sites for hydroxylation is 2. The number of hydrogen-bond donors (Lipinski definition) is 2. The van der Waals surface area contributed by atoms with Crippen LogP contribution < -0.4 is 11.1 Å². The van der Waals surface area contributed by atoms with Gasteiger partial charge in [-0.25, -0.2) is 0 Å². The number of carbonyl (C=O) groups is 2. The molecule has 5 aromatic rings. The first-order chi connectivity index (χ1) is 19.4. The van der Waals surface area contributed by atoms with Gasteiger partial charge in [0.05, 0.1) is 12.5 Å². The molecule has 2 heterocycles. The number of amides is 2. The van der Waals surface area contributed by atoms with Gasteiger partial charge in [-0.1, -0.05) is 60.2 Å². The van der Waals surface area contributed by atoms with E-state index >= 15 is 0 Å². The van der Waals surface area contributed by atoms with Gasteiger partial charge in [0.15, 0.2) is 0 Å². The van der Waals surface area contributed by atoms with E-state index in [0.29, 0.717) is 11.3 Å². The highest BCUT2D eigenvalue weighted by Gasteiger charge is 2.22. The van der Waals surface area contributed by atoms with Crippen molar-refractivity contribution in [3.05, 3.63) is 136 Å². The number of ether oxygens (including phenoxy) is 1. The molecule has 0 bridgehead atoms. The molecule has 0 aliphatic rings. The lowest BCUT2D eigenvalue weighted by molar-refractivity contribution is -0.124. The largest absolute Gasteiger partial charge is 0.458 e. The van der Waals surface area contributed by atoms with Crippen LogP contribution in [-0.2, 0) is 20.7 Å². The van der Waals surface area contributed by atoms with Crippen LogP contribution in [0.5, 0.6) is 0 Å². The molecule has 0 fully saturated rings. The Labute approximate surface area is 233 Å². The summed E-state index contributed by atoms with van der Waals surface area (Å²) in [6.45, 7) is 3.88. The van der Waals surface area contributed by atoms with Crippen molar-refractivity contribution in [3.8, 4) is 0 Å². The normalized spacial score (nSPS) is 12.7. The number of aromatic nitrogens is 1. The van der Waals surface area contributed by atoms with Gasteiger partial charge in [0.2, 0.25) is 11.8 Å². The minimum atomic E-state index is -0.626. The molecule has 3 N–H and O–H groups in total. The van der Waals surface area contributed by atoms with E-state index in [1.54, 1.807) is 24.5 Å². The number of nitrogens with two attached hydrogens (primary N) is 1. The van der Waals surface area contributed by atoms with Crippen molar-refractivity contribution < 1.29 is 18.7 Å². The van der Waals surface area contributed by atoms with Crippen molar-refractivity contribution in [1.82, 2.24) is 10.3 Å². The van der Waals surface area contributed by atoms with Crippen LogP contribution in [0, 0.1) is 13.8 Å². The molecule has 2 amide bonds. The second kappa shape index (κ2) is 12.0. The van der Waals surface area contributed by atoms with Crippen molar-refractivity contribution in [2.75, 3.05) is 6.61 Å². The number of primary amides is 1. The Balaban J connectivity index is 1.38. The van der Waals surface area contributed by atoms with E-state index < -0.39 is 12.0 Å². The Hall–Kier alpha value is -4.75. The lowest BCUT2D eigenvalue weighted by atomic mass is 9.93. The highest BCUT2D eigenvalue weighted by Crippen LogP contribution is 2.32. The number of furan rings is 1. The molecule has 5 rings (SSSR count). The van der Waals surface area contributed by atoms with Crippen molar-refractivity contribution in [2.45, 2.75) is 32.4 Å². The second-order valence-electron chi connectivity index (χ2n) is 9.91. The molecule has 2 aromatic heterocycles. The number of hydrogen-bond acceptors (Lipinski definition) is 5. The SMILES string of the molecule is Cc1ccc(C(NC(=O)Cc2ccc3oc(C(OCC(N)=O)c4ccncc4)cc3c2)c2ccccc2)c(C)c1. The van der Waals surface area contributed by atoms with Gasteiger partial charge in [-0.15, -0.1) is 0 Å². The molecule has 0 saturated carbocycles. The van der Waals surface area contributed by atoms with Gasteiger partial charge in [0.1, 0.15) is 24.1 Å². The summed E-state index contributed by atoms with van der Waals surface area (Å²) in [5.41, 5.74) is 12.0. The van der Waals surface area contributed by atoms with Crippen LogP contribution in [0.3, 0.4) is 0 Å². The van der Waals surface area contributed by atoms with E-state index in [1.807, 2.05) is 54.6 Å². The Bertz CT molecular complexity index is 1630. The Morgan fingerprint density at radius 3 is 2.42 bits per heavy atom.